The monoisotopic (exact) mass is 1330 g/mol. The molecule has 0 aromatic heterocycles. The van der Waals surface area contributed by atoms with Crippen molar-refractivity contribution in [1.29, 1.82) is 5.41 Å². The number of rotatable bonds is 29. The number of amides is 7. The molecule has 7 amide bonds. The fraction of sp³-hybridized carbons (Fsp3) is 0.721. The first-order chi connectivity index (χ1) is 39.3. The van der Waals surface area contributed by atoms with Crippen molar-refractivity contribution in [3.8, 4) is 0 Å². The number of alkyl carbamates (subject to hydrolysis) is 1. The van der Waals surface area contributed by atoms with Gasteiger partial charge in [0.25, 0.3) is 5.91 Å². The maximum absolute atomic E-state index is 13.3. The minimum Gasteiger partial charge on any atom is -0.460 e. The number of unbranched alkanes of at least 4 members (excludes halogenated alkanes) is 5. The summed E-state index contributed by atoms with van der Waals surface area (Å²) in [4.78, 5) is 131. The molecule has 0 aliphatic heterocycles. The number of hydrogen-bond donors (Lipinski definition) is 7. The molecule has 0 fully saturated rings. The van der Waals surface area contributed by atoms with Gasteiger partial charge in [0, 0.05) is 41.5 Å². The number of nitrogens with zero attached hydrogens (tertiary/aromatic N) is 1. The standard InChI is InChI=1S/C61H101IN8O16/c1-56(2,3)81-47(73)34-33-44(51(77)84-59(10,11)12)68-53(78)67-43(50(76)83-58(7,8)9)28-23-25-35-64-45(71)29-21-19-20-22-30-46(72)66-42(49(75)82-57(4,5)6)27-24-26-36-65-48(74)39-31-32-40(41(62)37-39)38-70(55(80)86-61(16,17)18)52(63)69-54(79)85-60(13,14)15/h31-32,37,42-44H,19-30,33-36,38H2,1-18H3,(H,64,71)(H,65,74)(H,66,72)(H2,63,69,79)(H2,67,68,78)/t42-,43+,44+/m1/s1. The molecule has 7 N–H and O–H groups in total. The molecule has 1 rings (SSSR count). The zero-order valence-corrected chi connectivity index (χ0v) is 56.5. The number of ether oxygens (including phenoxy) is 6. The first kappa shape index (κ1) is 77.7. The molecule has 0 unspecified atom stereocenters. The Labute approximate surface area is 523 Å². The lowest BCUT2D eigenvalue weighted by Gasteiger charge is -2.28. The smallest absolute Gasteiger partial charge is 0.417 e. The van der Waals surface area contributed by atoms with E-state index in [9.17, 15) is 47.9 Å². The Kier molecular flexibility index (Phi) is 32.1. The average Bonchev–Trinajstić information content (AvgIpc) is 3.06. The number of nitrogens with one attached hydrogen (secondary N) is 7. The van der Waals surface area contributed by atoms with Crippen molar-refractivity contribution < 1.29 is 76.4 Å². The Balaban J connectivity index is 2.71. The second-order valence-electron chi connectivity index (χ2n) is 26.9. The van der Waals surface area contributed by atoms with Crippen molar-refractivity contribution in [3.63, 3.8) is 0 Å². The van der Waals surface area contributed by atoms with E-state index in [1.54, 1.807) is 143 Å². The van der Waals surface area contributed by atoms with E-state index in [1.807, 2.05) is 22.6 Å². The summed E-state index contributed by atoms with van der Waals surface area (Å²) in [6, 6.07) is 0.779. The van der Waals surface area contributed by atoms with Gasteiger partial charge in [-0.3, -0.25) is 29.9 Å². The van der Waals surface area contributed by atoms with E-state index in [1.165, 1.54) is 0 Å². The van der Waals surface area contributed by atoms with Gasteiger partial charge in [-0.15, -0.1) is 0 Å². The number of halogens is 1. The minimum absolute atomic E-state index is 0.110. The van der Waals surface area contributed by atoms with Gasteiger partial charge in [0.05, 0.1) is 6.54 Å². The fourth-order valence-electron chi connectivity index (χ4n) is 7.64. The molecule has 1 aromatic rings. The molecule has 86 heavy (non-hydrogen) atoms. The molecule has 488 valence electrons. The molecule has 0 saturated heterocycles. The van der Waals surface area contributed by atoms with Gasteiger partial charge in [-0.1, -0.05) is 18.9 Å². The normalized spacial score (nSPS) is 13.1. The van der Waals surface area contributed by atoms with Crippen molar-refractivity contribution in [1.82, 2.24) is 36.8 Å². The zero-order chi connectivity index (χ0) is 66.0. The number of benzene rings is 1. The third-order valence-corrected chi connectivity index (χ3v) is 12.2. The van der Waals surface area contributed by atoms with Crippen LogP contribution in [0.25, 0.3) is 0 Å². The highest BCUT2D eigenvalue weighted by molar-refractivity contribution is 14.1. The Morgan fingerprint density at radius 1 is 0.488 bits per heavy atom. The van der Waals surface area contributed by atoms with E-state index in [-0.39, 0.29) is 69.3 Å². The summed E-state index contributed by atoms with van der Waals surface area (Å²) in [5, 5.41) is 24.5. The topological polar surface area (TPSA) is 325 Å². The minimum atomic E-state index is -1.23. The largest absolute Gasteiger partial charge is 0.460 e. The molecule has 0 bridgehead atoms. The van der Waals surface area contributed by atoms with Crippen molar-refractivity contribution in [3.05, 3.63) is 32.9 Å². The van der Waals surface area contributed by atoms with Crippen LogP contribution in [-0.2, 0) is 63.7 Å². The molecule has 0 heterocycles. The van der Waals surface area contributed by atoms with Crippen LogP contribution in [0.4, 0.5) is 14.4 Å². The van der Waals surface area contributed by atoms with Crippen LogP contribution >= 0.6 is 22.6 Å². The van der Waals surface area contributed by atoms with Crippen molar-refractivity contribution in [2.24, 2.45) is 0 Å². The average molecular weight is 1330 g/mol. The van der Waals surface area contributed by atoms with Gasteiger partial charge in [0.2, 0.25) is 17.8 Å². The van der Waals surface area contributed by atoms with Gasteiger partial charge in [-0.05, 0) is 223 Å². The molecule has 1 aromatic carbocycles. The van der Waals surface area contributed by atoms with Gasteiger partial charge >= 0.3 is 42.1 Å². The molecule has 0 aliphatic carbocycles. The molecule has 0 spiro atoms. The lowest BCUT2D eigenvalue weighted by Crippen LogP contribution is -2.53. The molecule has 3 atom stereocenters. The van der Waals surface area contributed by atoms with Crippen molar-refractivity contribution >= 4 is 88.4 Å². The van der Waals surface area contributed by atoms with E-state index in [0.29, 0.717) is 72.6 Å². The van der Waals surface area contributed by atoms with Gasteiger partial charge in [-0.2, -0.15) is 0 Å². The van der Waals surface area contributed by atoms with Crippen molar-refractivity contribution in [2.75, 3.05) is 13.1 Å². The Morgan fingerprint density at radius 3 is 1.37 bits per heavy atom. The van der Waals surface area contributed by atoms with E-state index in [2.05, 4.69) is 31.9 Å². The van der Waals surface area contributed by atoms with Gasteiger partial charge in [0.1, 0.15) is 51.7 Å². The number of urea groups is 1. The zero-order valence-electron chi connectivity index (χ0n) is 54.3. The Hall–Kier alpha value is -6.28. The van der Waals surface area contributed by atoms with Crippen LogP contribution in [0.3, 0.4) is 0 Å². The van der Waals surface area contributed by atoms with Crippen molar-refractivity contribution in [2.45, 2.75) is 273 Å². The van der Waals surface area contributed by atoms with Crippen LogP contribution in [0.5, 0.6) is 0 Å². The summed E-state index contributed by atoms with van der Waals surface area (Å²) in [7, 11) is 0. The molecule has 0 saturated carbocycles. The quantitative estimate of drug-likeness (QED) is 0.00980. The Morgan fingerprint density at radius 2 is 0.919 bits per heavy atom. The second kappa shape index (κ2) is 35.5. The van der Waals surface area contributed by atoms with Gasteiger partial charge in [0.15, 0.2) is 0 Å². The SMILES string of the molecule is CC(C)(C)OC(=O)CC[C@H](NC(=O)N[C@@H](CCCCNC(=O)CCCCCCC(=O)N[C@H](CCCCNC(=O)c1ccc(CN(C(=N)NC(=O)OC(C)(C)C)C(=O)OC(C)(C)C)c(I)c1)C(=O)OC(C)(C)C)C(=O)OC(C)(C)C)C(=O)OC(C)(C)C. The summed E-state index contributed by atoms with van der Waals surface area (Å²) in [6.45, 7) is 30.9. The van der Waals surface area contributed by atoms with Crippen LogP contribution in [0.1, 0.15) is 230 Å². The molecule has 24 nitrogen and oxygen atoms in total. The maximum atomic E-state index is 13.3. The number of hydrogen-bond acceptors (Lipinski definition) is 17. The molecular formula is C61H101IN8O16. The van der Waals surface area contributed by atoms with E-state index in [0.717, 1.165) is 4.90 Å². The van der Waals surface area contributed by atoms with Crippen LogP contribution in [-0.4, -0.2) is 135 Å². The predicted molar refractivity (Wildman–Crippen MR) is 333 cm³/mol. The van der Waals surface area contributed by atoms with E-state index in [4.69, 9.17) is 33.8 Å². The summed E-state index contributed by atoms with van der Waals surface area (Å²) in [5.74, 6) is -3.97. The van der Waals surface area contributed by atoms with Gasteiger partial charge < -0.3 is 55.0 Å². The number of esters is 4. The third-order valence-electron chi connectivity index (χ3n) is 11.2. The van der Waals surface area contributed by atoms with E-state index >= 15 is 0 Å². The summed E-state index contributed by atoms with van der Waals surface area (Å²) in [6.07, 6.45) is 3.06. The number of carbonyl (C=O) groups excluding carboxylic acids is 10. The lowest BCUT2D eigenvalue weighted by molar-refractivity contribution is -0.160. The van der Waals surface area contributed by atoms with Crippen LogP contribution in [0.15, 0.2) is 18.2 Å². The van der Waals surface area contributed by atoms with Crippen LogP contribution in [0, 0.1) is 8.98 Å². The summed E-state index contributed by atoms with van der Waals surface area (Å²) >= 11 is 2.02. The molecule has 25 heteroatoms. The number of carbonyl (C=O) groups is 10. The first-order valence-electron chi connectivity index (χ1n) is 29.5. The molecule has 0 aliphatic rings. The highest BCUT2D eigenvalue weighted by Gasteiger charge is 2.33. The second-order valence-corrected chi connectivity index (χ2v) is 28.1. The predicted octanol–water partition coefficient (Wildman–Crippen LogP) is 9.68. The van der Waals surface area contributed by atoms with Crippen LogP contribution < -0.4 is 31.9 Å². The highest BCUT2D eigenvalue weighted by atomic mass is 127. The molecule has 0 radical (unpaired) electrons. The lowest BCUT2D eigenvalue weighted by atomic mass is 10.1. The fourth-order valence-corrected chi connectivity index (χ4v) is 8.33. The van der Waals surface area contributed by atoms with Gasteiger partial charge in [-0.25, -0.2) is 33.7 Å². The highest BCUT2D eigenvalue weighted by Crippen LogP contribution is 2.21. The number of guanidine groups is 1. The third kappa shape index (κ3) is 37.3. The van der Waals surface area contributed by atoms with E-state index < -0.39 is 99.8 Å². The maximum Gasteiger partial charge on any atom is 0.417 e. The molecular weight excluding hydrogens is 1230 g/mol. The summed E-state index contributed by atoms with van der Waals surface area (Å²) < 4.78 is 33.4. The summed E-state index contributed by atoms with van der Waals surface area (Å²) in [5.41, 5.74) is -4.12. The Bertz CT molecular complexity index is 2460. The first-order valence-corrected chi connectivity index (χ1v) is 30.6. The van der Waals surface area contributed by atoms with Crippen LogP contribution in [0.2, 0.25) is 0 Å².